The number of rotatable bonds is 6. The minimum absolute atomic E-state index is 0.0844. The van der Waals surface area contributed by atoms with Gasteiger partial charge in [0, 0.05) is 11.6 Å². The molecule has 0 spiro atoms. The lowest BCUT2D eigenvalue weighted by Gasteiger charge is -2.19. The maximum atomic E-state index is 11.2. The number of nitro groups is 1. The summed E-state index contributed by atoms with van der Waals surface area (Å²) in [5, 5.41) is 22.8. The van der Waals surface area contributed by atoms with E-state index in [2.05, 4.69) is 5.32 Å². The van der Waals surface area contributed by atoms with Crippen LogP contribution in [0, 0.1) is 16.0 Å². The van der Waals surface area contributed by atoms with E-state index in [1.165, 1.54) is 19.1 Å². The number of aliphatic carboxylic acids is 1. The Morgan fingerprint density at radius 2 is 1.95 bits per heavy atom. The van der Waals surface area contributed by atoms with E-state index in [-0.39, 0.29) is 28.6 Å². The van der Waals surface area contributed by atoms with Gasteiger partial charge >= 0.3 is 5.97 Å². The number of carboxylic acids is 1. The van der Waals surface area contributed by atoms with Crippen molar-refractivity contribution in [3.05, 3.63) is 33.9 Å². The number of benzene rings is 1. The van der Waals surface area contributed by atoms with Crippen molar-refractivity contribution in [2.75, 3.05) is 5.32 Å². The fourth-order valence-electron chi connectivity index (χ4n) is 1.70. The van der Waals surface area contributed by atoms with Crippen LogP contribution < -0.4 is 5.32 Å². The largest absolute Gasteiger partial charge is 0.480 e. The molecule has 108 valence electrons. The first-order valence-corrected chi connectivity index (χ1v) is 6.02. The highest BCUT2D eigenvalue weighted by atomic mass is 16.6. The van der Waals surface area contributed by atoms with Crippen LogP contribution in [0.4, 0.5) is 11.4 Å². The first-order chi connectivity index (χ1) is 9.23. The summed E-state index contributed by atoms with van der Waals surface area (Å²) in [4.78, 5) is 32.7. The van der Waals surface area contributed by atoms with Crippen molar-refractivity contribution in [1.29, 1.82) is 0 Å². The van der Waals surface area contributed by atoms with Gasteiger partial charge in [0.15, 0.2) is 5.78 Å². The van der Waals surface area contributed by atoms with Gasteiger partial charge < -0.3 is 10.4 Å². The Bertz CT molecular complexity index is 554. The average Bonchev–Trinajstić information content (AvgIpc) is 2.34. The van der Waals surface area contributed by atoms with Gasteiger partial charge in [-0.05, 0) is 25.0 Å². The number of anilines is 1. The Labute approximate surface area is 115 Å². The van der Waals surface area contributed by atoms with Crippen LogP contribution in [0.5, 0.6) is 0 Å². The maximum Gasteiger partial charge on any atom is 0.326 e. The molecule has 2 N–H and O–H groups in total. The normalized spacial score (nSPS) is 12.0. The zero-order valence-corrected chi connectivity index (χ0v) is 11.4. The summed E-state index contributed by atoms with van der Waals surface area (Å²) in [7, 11) is 0. The molecule has 0 aliphatic rings. The summed E-state index contributed by atoms with van der Waals surface area (Å²) in [5.41, 5.74) is -0.0237. The summed E-state index contributed by atoms with van der Waals surface area (Å²) in [6.45, 7) is 4.70. The van der Waals surface area contributed by atoms with Crippen molar-refractivity contribution in [2.24, 2.45) is 5.92 Å². The van der Waals surface area contributed by atoms with Gasteiger partial charge in [-0.25, -0.2) is 4.79 Å². The molecular weight excluding hydrogens is 264 g/mol. The first-order valence-electron chi connectivity index (χ1n) is 6.02. The third-order valence-electron chi connectivity index (χ3n) is 2.84. The topological polar surface area (TPSA) is 110 Å². The van der Waals surface area contributed by atoms with Gasteiger partial charge in [-0.3, -0.25) is 14.9 Å². The molecule has 0 aliphatic carbocycles. The molecule has 0 heterocycles. The number of hydrogen-bond donors (Lipinski definition) is 2. The van der Waals surface area contributed by atoms with Gasteiger partial charge in [0.25, 0.3) is 5.69 Å². The smallest absolute Gasteiger partial charge is 0.326 e. The van der Waals surface area contributed by atoms with E-state index in [0.717, 1.165) is 6.07 Å². The lowest BCUT2D eigenvalue weighted by Crippen LogP contribution is -2.34. The molecule has 0 aliphatic heterocycles. The highest BCUT2D eigenvalue weighted by Crippen LogP contribution is 2.27. The zero-order chi connectivity index (χ0) is 15.4. The number of nitro benzene ring substituents is 1. The van der Waals surface area contributed by atoms with Crippen molar-refractivity contribution < 1.29 is 19.6 Å². The number of hydrogen-bond acceptors (Lipinski definition) is 5. The molecule has 0 bridgehead atoms. The van der Waals surface area contributed by atoms with E-state index >= 15 is 0 Å². The van der Waals surface area contributed by atoms with Crippen LogP contribution in [0.2, 0.25) is 0 Å². The van der Waals surface area contributed by atoms with Gasteiger partial charge in [0.05, 0.1) is 4.92 Å². The Hall–Kier alpha value is -2.44. The van der Waals surface area contributed by atoms with E-state index in [1.54, 1.807) is 13.8 Å². The van der Waals surface area contributed by atoms with Crippen molar-refractivity contribution >= 4 is 23.1 Å². The summed E-state index contributed by atoms with van der Waals surface area (Å²) in [6.07, 6.45) is 0. The number of nitrogens with one attached hydrogen (secondary N) is 1. The minimum atomic E-state index is -1.09. The molecule has 1 rings (SSSR count). The van der Waals surface area contributed by atoms with Gasteiger partial charge in [-0.2, -0.15) is 0 Å². The Morgan fingerprint density at radius 1 is 1.35 bits per heavy atom. The standard InChI is InChI=1S/C13H16N2O5/c1-7(2)12(13(17)18)14-10-5-4-9(8(3)16)6-11(10)15(19)20/h4-7,12,14H,1-3H3,(H,17,18)/t12-/m0/s1. The zero-order valence-electron chi connectivity index (χ0n) is 11.4. The Morgan fingerprint density at radius 3 is 2.35 bits per heavy atom. The van der Waals surface area contributed by atoms with E-state index in [9.17, 15) is 19.7 Å². The van der Waals surface area contributed by atoms with Crippen LogP contribution in [0.3, 0.4) is 0 Å². The van der Waals surface area contributed by atoms with Crippen molar-refractivity contribution in [3.8, 4) is 0 Å². The molecule has 7 nitrogen and oxygen atoms in total. The predicted octanol–water partition coefficient (Wildman–Crippen LogP) is 2.32. The second kappa shape index (κ2) is 6.14. The predicted molar refractivity (Wildman–Crippen MR) is 73.0 cm³/mol. The van der Waals surface area contributed by atoms with Crippen molar-refractivity contribution in [2.45, 2.75) is 26.8 Å². The summed E-state index contributed by atoms with van der Waals surface area (Å²) >= 11 is 0. The first kappa shape index (κ1) is 15.6. The third kappa shape index (κ3) is 3.53. The number of ketones is 1. The van der Waals surface area contributed by atoms with Crippen molar-refractivity contribution in [1.82, 2.24) is 0 Å². The van der Waals surface area contributed by atoms with Crippen LogP contribution in [-0.2, 0) is 4.79 Å². The van der Waals surface area contributed by atoms with Gasteiger partial charge in [-0.1, -0.05) is 13.8 Å². The fourth-order valence-corrected chi connectivity index (χ4v) is 1.70. The van der Waals surface area contributed by atoms with Crippen LogP contribution in [0.1, 0.15) is 31.1 Å². The van der Waals surface area contributed by atoms with Crippen LogP contribution in [-0.4, -0.2) is 27.8 Å². The Balaban J connectivity index is 3.20. The fraction of sp³-hybridized carbons (Fsp3) is 0.385. The quantitative estimate of drug-likeness (QED) is 0.470. The second-order valence-corrected chi connectivity index (χ2v) is 4.75. The number of carboxylic acid groups (broad SMARTS) is 1. The van der Waals surface area contributed by atoms with Crippen LogP contribution >= 0.6 is 0 Å². The van der Waals surface area contributed by atoms with Gasteiger partial charge in [0.2, 0.25) is 0 Å². The van der Waals surface area contributed by atoms with E-state index in [0.29, 0.717) is 0 Å². The molecule has 0 saturated carbocycles. The molecule has 0 unspecified atom stereocenters. The minimum Gasteiger partial charge on any atom is -0.480 e. The molecule has 1 aromatic rings. The molecule has 1 atom stereocenters. The summed E-state index contributed by atoms with van der Waals surface area (Å²) < 4.78 is 0. The molecule has 0 saturated heterocycles. The number of Topliss-reactive ketones (excluding diaryl/α,β-unsaturated/α-hetero) is 1. The second-order valence-electron chi connectivity index (χ2n) is 4.75. The SMILES string of the molecule is CC(=O)c1ccc(N[C@H](C(=O)O)C(C)C)c([N+](=O)[O-])c1. The summed E-state index contributed by atoms with van der Waals surface area (Å²) in [5.74, 6) is -1.64. The van der Waals surface area contributed by atoms with E-state index in [4.69, 9.17) is 5.11 Å². The molecule has 20 heavy (non-hydrogen) atoms. The van der Waals surface area contributed by atoms with E-state index in [1.807, 2.05) is 0 Å². The summed E-state index contributed by atoms with van der Waals surface area (Å²) in [6, 6.07) is 2.98. The molecule has 0 radical (unpaired) electrons. The molecule has 0 fully saturated rings. The highest BCUT2D eigenvalue weighted by molar-refractivity contribution is 5.95. The number of carbonyl (C=O) groups is 2. The maximum absolute atomic E-state index is 11.2. The lowest BCUT2D eigenvalue weighted by molar-refractivity contribution is -0.384. The van der Waals surface area contributed by atoms with E-state index < -0.39 is 16.9 Å². The molecular formula is C13H16N2O5. The van der Waals surface area contributed by atoms with Crippen molar-refractivity contribution in [3.63, 3.8) is 0 Å². The highest BCUT2D eigenvalue weighted by Gasteiger charge is 2.25. The molecule has 1 aromatic carbocycles. The average molecular weight is 280 g/mol. The van der Waals surface area contributed by atoms with Gasteiger partial charge in [0.1, 0.15) is 11.7 Å². The lowest BCUT2D eigenvalue weighted by atomic mass is 10.0. The number of carbonyl (C=O) groups excluding carboxylic acids is 1. The van der Waals surface area contributed by atoms with Crippen LogP contribution in [0.15, 0.2) is 18.2 Å². The Kier molecular flexibility index (Phi) is 4.79. The molecule has 7 heteroatoms. The molecule has 0 amide bonds. The monoisotopic (exact) mass is 280 g/mol. The van der Waals surface area contributed by atoms with Gasteiger partial charge in [-0.15, -0.1) is 0 Å². The number of nitrogens with zero attached hydrogens (tertiary/aromatic N) is 1. The third-order valence-corrected chi connectivity index (χ3v) is 2.84. The van der Waals surface area contributed by atoms with Crippen LogP contribution in [0.25, 0.3) is 0 Å². The molecule has 0 aromatic heterocycles.